The molecule has 1 rings (SSSR count). The molecule has 0 heterocycles. The molecule has 1 unspecified atom stereocenters. The number of carbonyl (C=O) groups excluding carboxylic acids is 1. The highest BCUT2D eigenvalue weighted by Crippen LogP contribution is 2.23. The molecule has 0 aromatic heterocycles. The maximum absolute atomic E-state index is 13.3. The van der Waals surface area contributed by atoms with E-state index in [1.807, 2.05) is 6.92 Å². The van der Waals surface area contributed by atoms with Gasteiger partial charge < -0.3 is 4.74 Å². The van der Waals surface area contributed by atoms with Crippen LogP contribution >= 0.6 is 15.9 Å². The van der Waals surface area contributed by atoms with Crippen LogP contribution in [0.4, 0.5) is 4.39 Å². The zero-order valence-corrected chi connectivity index (χ0v) is 9.47. The Morgan fingerprint density at radius 3 is 2.64 bits per heavy atom. The van der Waals surface area contributed by atoms with Gasteiger partial charge in [-0.25, -0.2) is 9.18 Å². The van der Waals surface area contributed by atoms with Crippen molar-refractivity contribution in [3.8, 4) is 0 Å². The van der Waals surface area contributed by atoms with E-state index in [1.54, 1.807) is 6.07 Å². The molecule has 0 bridgehead atoms. The number of hydrogen-bond acceptors (Lipinski definition) is 2. The van der Waals surface area contributed by atoms with Crippen LogP contribution in [0.3, 0.4) is 0 Å². The van der Waals surface area contributed by atoms with Gasteiger partial charge in [-0.05, 0) is 24.6 Å². The fourth-order valence-electron chi connectivity index (χ4n) is 1.05. The van der Waals surface area contributed by atoms with Crippen LogP contribution in [0.2, 0.25) is 0 Å². The highest BCUT2D eigenvalue weighted by molar-refractivity contribution is 9.09. The van der Waals surface area contributed by atoms with Gasteiger partial charge in [0.05, 0.1) is 12.7 Å². The zero-order valence-electron chi connectivity index (χ0n) is 7.88. The molecule has 0 spiro atoms. The lowest BCUT2D eigenvalue weighted by molar-refractivity contribution is 0.0595. The number of methoxy groups -OCH3 is 1. The molecule has 0 aliphatic rings. The molecule has 1 atom stereocenters. The van der Waals surface area contributed by atoms with Gasteiger partial charge in [-0.3, -0.25) is 0 Å². The lowest BCUT2D eigenvalue weighted by atomic mass is 10.1. The number of alkyl halides is 1. The number of ether oxygens (including phenoxy) is 1. The van der Waals surface area contributed by atoms with Gasteiger partial charge in [0.25, 0.3) is 0 Å². The summed E-state index contributed by atoms with van der Waals surface area (Å²) >= 11 is 3.31. The van der Waals surface area contributed by atoms with Crippen molar-refractivity contribution >= 4 is 21.9 Å². The van der Waals surface area contributed by atoms with Crippen LogP contribution in [0.25, 0.3) is 0 Å². The fraction of sp³-hybridized carbons (Fsp3) is 0.300. The van der Waals surface area contributed by atoms with E-state index in [2.05, 4.69) is 20.7 Å². The third-order valence-corrected chi connectivity index (χ3v) is 2.39. The van der Waals surface area contributed by atoms with Crippen LogP contribution in [-0.4, -0.2) is 13.1 Å². The summed E-state index contributed by atoms with van der Waals surface area (Å²) in [7, 11) is 1.22. The Labute approximate surface area is 90.2 Å². The molecule has 4 heteroatoms. The Kier molecular flexibility index (Phi) is 3.63. The third-order valence-electron chi connectivity index (χ3n) is 1.86. The van der Waals surface area contributed by atoms with Gasteiger partial charge in [0.2, 0.25) is 0 Å². The number of halogens is 2. The standard InChI is InChI=1S/C10H10BrFO2/c1-6(11)7-3-4-8(9(12)5-7)10(13)14-2/h3-6H,1-2H3. The molecule has 0 fully saturated rings. The van der Waals surface area contributed by atoms with E-state index in [0.29, 0.717) is 0 Å². The summed E-state index contributed by atoms with van der Waals surface area (Å²) in [5, 5.41) is 0. The highest BCUT2D eigenvalue weighted by atomic mass is 79.9. The molecule has 2 nitrogen and oxygen atoms in total. The highest BCUT2D eigenvalue weighted by Gasteiger charge is 2.13. The molecule has 0 aliphatic carbocycles. The molecule has 76 valence electrons. The van der Waals surface area contributed by atoms with Crippen molar-refractivity contribution in [3.63, 3.8) is 0 Å². The van der Waals surface area contributed by atoms with Crippen molar-refractivity contribution in [1.29, 1.82) is 0 Å². The Morgan fingerprint density at radius 1 is 1.57 bits per heavy atom. The molecule has 0 aliphatic heterocycles. The van der Waals surface area contributed by atoms with Crippen molar-refractivity contribution in [3.05, 3.63) is 35.1 Å². The van der Waals surface area contributed by atoms with Gasteiger partial charge in [0.15, 0.2) is 0 Å². The van der Waals surface area contributed by atoms with E-state index >= 15 is 0 Å². The fourth-order valence-corrected chi connectivity index (χ4v) is 1.34. The van der Waals surface area contributed by atoms with Crippen LogP contribution in [0.1, 0.15) is 27.7 Å². The van der Waals surface area contributed by atoms with Gasteiger partial charge in [-0.15, -0.1) is 0 Å². The molecular formula is C10H10BrFO2. The minimum absolute atomic E-state index is 0.0376. The summed E-state index contributed by atoms with van der Waals surface area (Å²) in [5.41, 5.74) is 0.750. The van der Waals surface area contributed by atoms with Gasteiger partial charge >= 0.3 is 5.97 Å². The lowest BCUT2D eigenvalue weighted by Gasteiger charge is -2.06. The van der Waals surface area contributed by atoms with Gasteiger partial charge in [-0.1, -0.05) is 22.0 Å². The first-order chi connectivity index (χ1) is 6.56. The number of esters is 1. The number of hydrogen-bond donors (Lipinski definition) is 0. The summed E-state index contributed by atoms with van der Waals surface area (Å²) < 4.78 is 17.8. The lowest BCUT2D eigenvalue weighted by Crippen LogP contribution is -2.04. The predicted molar refractivity (Wildman–Crippen MR) is 55.1 cm³/mol. The average Bonchev–Trinajstić information content (AvgIpc) is 2.16. The molecular weight excluding hydrogens is 251 g/mol. The van der Waals surface area contributed by atoms with E-state index in [9.17, 15) is 9.18 Å². The number of benzene rings is 1. The summed E-state index contributed by atoms with van der Waals surface area (Å²) in [6.07, 6.45) is 0. The van der Waals surface area contributed by atoms with Gasteiger partial charge in [-0.2, -0.15) is 0 Å². The van der Waals surface area contributed by atoms with Crippen LogP contribution in [0.15, 0.2) is 18.2 Å². The average molecular weight is 261 g/mol. The van der Waals surface area contributed by atoms with Crippen molar-refractivity contribution in [2.24, 2.45) is 0 Å². The quantitative estimate of drug-likeness (QED) is 0.604. The molecule has 1 aromatic rings. The molecule has 0 saturated heterocycles. The number of carbonyl (C=O) groups is 1. The molecule has 14 heavy (non-hydrogen) atoms. The molecule has 0 amide bonds. The summed E-state index contributed by atoms with van der Waals surface area (Å²) in [4.78, 5) is 11.1. The first-order valence-corrected chi connectivity index (χ1v) is 4.99. The molecule has 1 aromatic carbocycles. The van der Waals surface area contributed by atoms with E-state index in [-0.39, 0.29) is 10.4 Å². The van der Waals surface area contributed by atoms with E-state index in [4.69, 9.17) is 0 Å². The smallest absolute Gasteiger partial charge is 0.340 e. The molecule has 0 radical (unpaired) electrons. The molecule has 0 saturated carbocycles. The minimum atomic E-state index is -0.656. The first kappa shape index (κ1) is 11.2. The van der Waals surface area contributed by atoms with Crippen molar-refractivity contribution in [1.82, 2.24) is 0 Å². The molecule has 0 N–H and O–H groups in total. The SMILES string of the molecule is COC(=O)c1ccc(C(C)Br)cc1F. The Bertz CT molecular complexity index is 350. The van der Waals surface area contributed by atoms with Crippen molar-refractivity contribution in [2.75, 3.05) is 7.11 Å². The first-order valence-electron chi connectivity index (χ1n) is 4.08. The Morgan fingerprint density at radius 2 is 2.21 bits per heavy atom. The summed E-state index contributed by atoms with van der Waals surface area (Å²) in [5.74, 6) is -1.21. The monoisotopic (exact) mass is 260 g/mol. The Hall–Kier alpha value is -0.900. The van der Waals surface area contributed by atoms with Gasteiger partial charge in [0.1, 0.15) is 5.82 Å². The van der Waals surface area contributed by atoms with Crippen LogP contribution < -0.4 is 0 Å². The van der Waals surface area contributed by atoms with E-state index in [0.717, 1.165) is 5.56 Å². The number of rotatable bonds is 2. The summed E-state index contributed by atoms with van der Waals surface area (Å²) in [6, 6.07) is 4.44. The van der Waals surface area contributed by atoms with Crippen molar-refractivity contribution < 1.29 is 13.9 Å². The second-order valence-electron chi connectivity index (χ2n) is 2.85. The van der Waals surface area contributed by atoms with Crippen LogP contribution in [0.5, 0.6) is 0 Å². The van der Waals surface area contributed by atoms with Crippen molar-refractivity contribution in [2.45, 2.75) is 11.8 Å². The predicted octanol–water partition coefficient (Wildman–Crippen LogP) is 3.07. The Balaban J connectivity index is 3.07. The third kappa shape index (κ3) is 2.32. The van der Waals surface area contributed by atoms with Gasteiger partial charge in [0, 0.05) is 4.83 Å². The topological polar surface area (TPSA) is 26.3 Å². The van der Waals surface area contributed by atoms with E-state index in [1.165, 1.54) is 19.2 Å². The van der Waals surface area contributed by atoms with E-state index < -0.39 is 11.8 Å². The largest absolute Gasteiger partial charge is 0.465 e. The maximum Gasteiger partial charge on any atom is 0.340 e. The normalized spacial score (nSPS) is 12.3. The maximum atomic E-state index is 13.3. The zero-order chi connectivity index (χ0) is 10.7. The second-order valence-corrected chi connectivity index (χ2v) is 4.22. The minimum Gasteiger partial charge on any atom is -0.465 e. The van der Waals surface area contributed by atoms with Crippen LogP contribution in [-0.2, 0) is 4.74 Å². The second kappa shape index (κ2) is 4.55. The van der Waals surface area contributed by atoms with Crippen LogP contribution in [0, 0.1) is 5.82 Å². The summed E-state index contributed by atoms with van der Waals surface area (Å²) in [6.45, 7) is 1.88.